The van der Waals surface area contributed by atoms with Gasteiger partial charge in [-0.15, -0.1) is 11.3 Å². The Morgan fingerprint density at radius 1 is 1.31 bits per heavy atom. The van der Waals surface area contributed by atoms with Gasteiger partial charge in [0.05, 0.1) is 15.6 Å². The van der Waals surface area contributed by atoms with E-state index in [1.807, 2.05) is 25.1 Å². The number of aromatic nitrogens is 1. The second kappa shape index (κ2) is 4.58. The zero-order chi connectivity index (χ0) is 11.5. The van der Waals surface area contributed by atoms with E-state index in [4.69, 9.17) is 0 Å². The predicted molar refractivity (Wildman–Crippen MR) is 66.1 cm³/mol. The van der Waals surface area contributed by atoms with Crippen molar-refractivity contribution >= 4 is 17.1 Å². The quantitative estimate of drug-likeness (QED) is 0.759. The topological polar surface area (TPSA) is 30.0 Å². The lowest BCUT2D eigenvalue weighted by molar-refractivity contribution is 0.102. The Kier molecular flexibility index (Phi) is 3.15. The summed E-state index contributed by atoms with van der Waals surface area (Å²) in [4.78, 5) is 16.5. The molecular weight excluding hydrogens is 218 g/mol. The Morgan fingerprint density at radius 2 is 2.00 bits per heavy atom. The standard InChI is InChI=1S/C13H13NOS/c1-9-13(10(2)15)16-12(14-9)8-11-6-4-3-5-7-11/h3-7H,8H2,1-2H3. The third-order valence-electron chi connectivity index (χ3n) is 2.36. The number of nitrogens with zero attached hydrogens (tertiary/aromatic N) is 1. The third-order valence-corrected chi connectivity index (χ3v) is 3.62. The van der Waals surface area contributed by atoms with Gasteiger partial charge in [-0.05, 0) is 12.5 Å². The van der Waals surface area contributed by atoms with Gasteiger partial charge in [0.15, 0.2) is 5.78 Å². The van der Waals surface area contributed by atoms with Crippen molar-refractivity contribution in [2.24, 2.45) is 0 Å². The van der Waals surface area contributed by atoms with Crippen molar-refractivity contribution in [3.05, 3.63) is 51.5 Å². The summed E-state index contributed by atoms with van der Waals surface area (Å²) in [5.74, 6) is 0.106. The average Bonchev–Trinajstić information content (AvgIpc) is 2.61. The van der Waals surface area contributed by atoms with Gasteiger partial charge in [-0.1, -0.05) is 30.3 Å². The molecule has 0 saturated heterocycles. The Hall–Kier alpha value is -1.48. The van der Waals surface area contributed by atoms with Crippen LogP contribution in [0, 0.1) is 6.92 Å². The first-order valence-corrected chi connectivity index (χ1v) is 5.99. The fourth-order valence-electron chi connectivity index (χ4n) is 1.63. The molecule has 0 amide bonds. The Bertz CT molecular complexity index is 502. The second-order valence-electron chi connectivity index (χ2n) is 3.74. The van der Waals surface area contributed by atoms with E-state index in [-0.39, 0.29) is 5.78 Å². The van der Waals surface area contributed by atoms with Gasteiger partial charge in [-0.25, -0.2) is 4.98 Å². The van der Waals surface area contributed by atoms with Gasteiger partial charge in [0.2, 0.25) is 0 Å². The van der Waals surface area contributed by atoms with Crippen LogP contribution in [0.1, 0.15) is 32.9 Å². The zero-order valence-electron chi connectivity index (χ0n) is 9.36. The maximum absolute atomic E-state index is 11.3. The number of Topliss-reactive ketones (excluding diaryl/α,β-unsaturated/α-hetero) is 1. The minimum Gasteiger partial charge on any atom is -0.294 e. The minimum absolute atomic E-state index is 0.106. The van der Waals surface area contributed by atoms with Crippen molar-refractivity contribution in [1.82, 2.24) is 4.98 Å². The normalized spacial score (nSPS) is 10.4. The molecule has 16 heavy (non-hydrogen) atoms. The second-order valence-corrected chi connectivity index (χ2v) is 4.82. The smallest absolute Gasteiger partial charge is 0.171 e. The Morgan fingerprint density at radius 3 is 2.56 bits per heavy atom. The minimum atomic E-state index is 0.106. The molecule has 3 heteroatoms. The molecule has 0 bridgehead atoms. The summed E-state index contributed by atoms with van der Waals surface area (Å²) in [5, 5.41) is 1.01. The molecule has 1 aromatic carbocycles. The lowest BCUT2D eigenvalue weighted by Gasteiger charge is -1.95. The summed E-state index contributed by atoms with van der Waals surface area (Å²) in [6, 6.07) is 10.2. The fourth-order valence-corrected chi connectivity index (χ4v) is 2.62. The van der Waals surface area contributed by atoms with Crippen molar-refractivity contribution in [3.63, 3.8) is 0 Å². The molecule has 2 aromatic rings. The largest absolute Gasteiger partial charge is 0.294 e. The third kappa shape index (κ3) is 2.36. The van der Waals surface area contributed by atoms with Crippen molar-refractivity contribution in [2.45, 2.75) is 20.3 Å². The highest BCUT2D eigenvalue weighted by Gasteiger charge is 2.11. The molecule has 0 aliphatic carbocycles. The van der Waals surface area contributed by atoms with E-state index in [2.05, 4.69) is 17.1 Å². The number of carbonyl (C=O) groups is 1. The van der Waals surface area contributed by atoms with Crippen molar-refractivity contribution in [2.75, 3.05) is 0 Å². The van der Waals surface area contributed by atoms with E-state index in [0.29, 0.717) is 0 Å². The van der Waals surface area contributed by atoms with Gasteiger partial charge < -0.3 is 0 Å². The number of aryl methyl sites for hydroxylation is 1. The molecule has 0 atom stereocenters. The Balaban J connectivity index is 2.23. The number of ketones is 1. The van der Waals surface area contributed by atoms with Gasteiger partial charge in [-0.2, -0.15) is 0 Å². The Labute approximate surface area is 99.0 Å². The van der Waals surface area contributed by atoms with Gasteiger partial charge in [0.25, 0.3) is 0 Å². The maximum atomic E-state index is 11.3. The van der Waals surface area contributed by atoms with Crippen LogP contribution in [0.2, 0.25) is 0 Å². The molecular formula is C13H13NOS. The van der Waals surface area contributed by atoms with Crippen LogP contribution in [0.4, 0.5) is 0 Å². The van der Waals surface area contributed by atoms with Crippen LogP contribution in [-0.4, -0.2) is 10.8 Å². The van der Waals surface area contributed by atoms with Crippen LogP contribution in [0.25, 0.3) is 0 Å². The van der Waals surface area contributed by atoms with Gasteiger partial charge in [-0.3, -0.25) is 4.79 Å². The molecule has 2 rings (SSSR count). The van der Waals surface area contributed by atoms with Crippen molar-refractivity contribution in [3.8, 4) is 0 Å². The predicted octanol–water partition coefficient (Wildman–Crippen LogP) is 3.24. The molecule has 0 fully saturated rings. The molecule has 0 aliphatic rings. The number of benzene rings is 1. The highest BCUT2D eigenvalue weighted by atomic mass is 32.1. The average molecular weight is 231 g/mol. The molecule has 1 aromatic heterocycles. The van der Waals surface area contributed by atoms with E-state index >= 15 is 0 Å². The first-order chi connectivity index (χ1) is 7.66. The molecule has 0 N–H and O–H groups in total. The molecule has 0 aliphatic heterocycles. The summed E-state index contributed by atoms with van der Waals surface area (Å²) < 4.78 is 0. The fraction of sp³-hybridized carbons (Fsp3) is 0.231. The first kappa shape index (κ1) is 11.0. The zero-order valence-corrected chi connectivity index (χ0v) is 10.2. The molecule has 82 valence electrons. The van der Waals surface area contributed by atoms with E-state index in [9.17, 15) is 4.79 Å². The molecule has 1 heterocycles. The summed E-state index contributed by atoms with van der Waals surface area (Å²) in [6.07, 6.45) is 0.805. The van der Waals surface area contributed by atoms with Gasteiger partial charge in [0, 0.05) is 13.3 Å². The molecule has 2 nitrogen and oxygen atoms in total. The van der Waals surface area contributed by atoms with Gasteiger partial charge in [0.1, 0.15) is 0 Å². The molecule has 0 unspecified atom stereocenters. The van der Waals surface area contributed by atoms with E-state index in [1.54, 1.807) is 6.92 Å². The monoisotopic (exact) mass is 231 g/mol. The molecule has 0 saturated carbocycles. The molecule has 0 spiro atoms. The van der Waals surface area contributed by atoms with E-state index < -0.39 is 0 Å². The summed E-state index contributed by atoms with van der Waals surface area (Å²) in [6.45, 7) is 3.48. The number of hydrogen-bond donors (Lipinski definition) is 0. The highest BCUT2D eigenvalue weighted by Crippen LogP contribution is 2.21. The SMILES string of the molecule is CC(=O)c1sc(Cc2ccccc2)nc1C. The van der Waals surface area contributed by atoms with Crippen LogP contribution < -0.4 is 0 Å². The van der Waals surface area contributed by atoms with E-state index in [0.717, 1.165) is 22.0 Å². The first-order valence-electron chi connectivity index (χ1n) is 5.18. The maximum Gasteiger partial charge on any atom is 0.171 e. The summed E-state index contributed by atoms with van der Waals surface area (Å²) in [7, 11) is 0. The van der Waals surface area contributed by atoms with Crippen LogP contribution in [0.15, 0.2) is 30.3 Å². The lowest BCUT2D eigenvalue weighted by Crippen LogP contribution is -1.89. The van der Waals surface area contributed by atoms with Crippen LogP contribution >= 0.6 is 11.3 Å². The molecule has 0 radical (unpaired) electrons. The number of carbonyl (C=O) groups excluding carboxylic acids is 1. The van der Waals surface area contributed by atoms with Crippen molar-refractivity contribution in [1.29, 1.82) is 0 Å². The highest BCUT2D eigenvalue weighted by molar-refractivity contribution is 7.13. The summed E-state index contributed by atoms with van der Waals surface area (Å²) >= 11 is 1.50. The van der Waals surface area contributed by atoms with Crippen molar-refractivity contribution < 1.29 is 4.79 Å². The number of thiazole rings is 1. The van der Waals surface area contributed by atoms with E-state index in [1.165, 1.54) is 16.9 Å². The van der Waals surface area contributed by atoms with Crippen LogP contribution in [0.5, 0.6) is 0 Å². The lowest BCUT2D eigenvalue weighted by atomic mass is 10.2. The number of hydrogen-bond acceptors (Lipinski definition) is 3. The number of rotatable bonds is 3. The summed E-state index contributed by atoms with van der Waals surface area (Å²) in [5.41, 5.74) is 2.08. The van der Waals surface area contributed by atoms with Crippen LogP contribution in [-0.2, 0) is 6.42 Å². The van der Waals surface area contributed by atoms with Gasteiger partial charge >= 0.3 is 0 Å². The van der Waals surface area contributed by atoms with Crippen LogP contribution in [0.3, 0.4) is 0 Å².